The Labute approximate surface area is 85.7 Å². The number of ether oxygens (including phenoxy) is 3. The first-order chi connectivity index (χ1) is 6.68. The van der Waals surface area contributed by atoms with Gasteiger partial charge in [0, 0.05) is 12.8 Å². The van der Waals surface area contributed by atoms with E-state index < -0.39 is 5.97 Å². The van der Waals surface area contributed by atoms with Crippen molar-refractivity contribution in [3.8, 4) is 0 Å². The molecule has 2 heterocycles. The third-order valence-electron chi connectivity index (χ3n) is 3.04. The number of rotatable bonds is 4. The van der Waals surface area contributed by atoms with Gasteiger partial charge in [-0.3, -0.25) is 0 Å². The molecule has 0 saturated carbocycles. The first-order valence-electron chi connectivity index (χ1n) is 5.66. The van der Waals surface area contributed by atoms with Gasteiger partial charge in [-0.05, 0) is 13.3 Å². The molecule has 82 valence electrons. The molecule has 2 atom stereocenters. The molecule has 3 heteroatoms. The summed E-state index contributed by atoms with van der Waals surface area (Å²) in [6.07, 6.45) is 5.37. The lowest BCUT2D eigenvalue weighted by Gasteiger charge is -2.35. The first kappa shape index (κ1) is 10.4. The molecule has 2 saturated heterocycles. The summed E-state index contributed by atoms with van der Waals surface area (Å²) in [5.74, 6) is -0.692. The molecule has 0 radical (unpaired) electrons. The van der Waals surface area contributed by atoms with E-state index in [1.165, 1.54) is 12.8 Å². The number of hydrogen-bond donors (Lipinski definition) is 0. The van der Waals surface area contributed by atoms with Crippen molar-refractivity contribution in [3.05, 3.63) is 0 Å². The summed E-state index contributed by atoms with van der Waals surface area (Å²) < 4.78 is 17.2. The predicted octanol–water partition coefficient (Wildman–Crippen LogP) is 2.45. The van der Waals surface area contributed by atoms with Crippen LogP contribution in [-0.2, 0) is 14.2 Å². The summed E-state index contributed by atoms with van der Waals surface area (Å²) in [6, 6.07) is 0. The van der Waals surface area contributed by atoms with Crippen LogP contribution in [0.5, 0.6) is 0 Å². The fraction of sp³-hybridized carbons (Fsp3) is 1.00. The molecule has 0 aromatic heterocycles. The highest BCUT2D eigenvalue weighted by Crippen LogP contribution is 2.41. The van der Waals surface area contributed by atoms with E-state index in [0.29, 0.717) is 6.61 Å². The van der Waals surface area contributed by atoms with Crippen molar-refractivity contribution in [2.24, 2.45) is 0 Å². The SMILES string of the molecule is CCCCCC12OCCC(C)(CO1)O2. The van der Waals surface area contributed by atoms with Crippen LogP contribution in [0.25, 0.3) is 0 Å². The van der Waals surface area contributed by atoms with Crippen molar-refractivity contribution in [1.29, 1.82) is 0 Å². The molecule has 2 unspecified atom stereocenters. The van der Waals surface area contributed by atoms with Crippen molar-refractivity contribution in [1.82, 2.24) is 0 Å². The van der Waals surface area contributed by atoms with E-state index in [-0.39, 0.29) is 5.60 Å². The highest BCUT2D eigenvalue weighted by atomic mass is 16.9. The topological polar surface area (TPSA) is 27.7 Å². The lowest BCUT2D eigenvalue weighted by atomic mass is 10.0. The second kappa shape index (κ2) is 3.80. The Morgan fingerprint density at radius 2 is 2.07 bits per heavy atom. The van der Waals surface area contributed by atoms with Gasteiger partial charge in [0.25, 0.3) is 5.97 Å². The predicted molar refractivity (Wildman–Crippen MR) is 52.9 cm³/mol. The summed E-state index contributed by atoms with van der Waals surface area (Å²) in [4.78, 5) is 0. The van der Waals surface area contributed by atoms with Crippen molar-refractivity contribution < 1.29 is 14.2 Å². The summed E-state index contributed by atoms with van der Waals surface area (Å²) in [5.41, 5.74) is -0.0928. The van der Waals surface area contributed by atoms with Crippen LogP contribution in [0.3, 0.4) is 0 Å². The van der Waals surface area contributed by atoms with E-state index in [0.717, 1.165) is 25.9 Å². The Morgan fingerprint density at radius 3 is 2.86 bits per heavy atom. The van der Waals surface area contributed by atoms with Crippen molar-refractivity contribution >= 4 is 0 Å². The fourth-order valence-electron chi connectivity index (χ4n) is 2.10. The minimum absolute atomic E-state index is 0.0928. The standard InChI is InChI=1S/C11H20O3/c1-3-4-5-6-11-12-8-7-10(2,14-11)9-13-11/h3-9H2,1-2H3. The Hall–Kier alpha value is -0.120. The maximum Gasteiger partial charge on any atom is 0.283 e. The van der Waals surface area contributed by atoms with Gasteiger partial charge in [-0.2, -0.15) is 0 Å². The van der Waals surface area contributed by atoms with Crippen molar-refractivity contribution in [2.45, 2.75) is 57.5 Å². The van der Waals surface area contributed by atoms with Crippen LogP contribution in [0.2, 0.25) is 0 Å². The third kappa shape index (κ3) is 1.95. The zero-order valence-electron chi connectivity index (χ0n) is 9.17. The highest BCUT2D eigenvalue weighted by molar-refractivity contribution is 4.87. The second-order valence-corrected chi connectivity index (χ2v) is 4.58. The molecule has 0 aliphatic carbocycles. The average molecular weight is 200 g/mol. The van der Waals surface area contributed by atoms with Gasteiger partial charge in [0.15, 0.2) is 0 Å². The maximum absolute atomic E-state index is 5.87. The van der Waals surface area contributed by atoms with E-state index >= 15 is 0 Å². The van der Waals surface area contributed by atoms with Gasteiger partial charge in [0.05, 0.1) is 18.8 Å². The smallest absolute Gasteiger partial charge is 0.283 e. The third-order valence-corrected chi connectivity index (χ3v) is 3.04. The molecule has 2 aliphatic rings. The maximum atomic E-state index is 5.87. The van der Waals surface area contributed by atoms with Crippen LogP contribution in [0, 0.1) is 0 Å². The lowest BCUT2D eigenvalue weighted by Crippen LogP contribution is -2.43. The van der Waals surface area contributed by atoms with Crippen molar-refractivity contribution in [3.63, 3.8) is 0 Å². The Morgan fingerprint density at radius 1 is 1.21 bits per heavy atom. The molecule has 2 fully saturated rings. The van der Waals surface area contributed by atoms with Crippen LogP contribution in [0.4, 0.5) is 0 Å². The van der Waals surface area contributed by atoms with E-state index in [9.17, 15) is 0 Å². The zero-order valence-corrected chi connectivity index (χ0v) is 9.17. The Balaban J connectivity index is 1.89. The quantitative estimate of drug-likeness (QED) is 0.652. The fourth-order valence-corrected chi connectivity index (χ4v) is 2.10. The monoisotopic (exact) mass is 200 g/mol. The van der Waals surface area contributed by atoms with Crippen LogP contribution in [-0.4, -0.2) is 24.8 Å². The van der Waals surface area contributed by atoms with Gasteiger partial charge < -0.3 is 14.2 Å². The van der Waals surface area contributed by atoms with Gasteiger partial charge in [-0.15, -0.1) is 0 Å². The lowest BCUT2D eigenvalue weighted by molar-refractivity contribution is -0.369. The molecule has 3 nitrogen and oxygen atoms in total. The van der Waals surface area contributed by atoms with Gasteiger partial charge in [-0.25, -0.2) is 0 Å². The van der Waals surface area contributed by atoms with Crippen LogP contribution >= 0.6 is 0 Å². The zero-order chi connectivity index (χ0) is 10.1. The molecule has 2 bridgehead atoms. The molecule has 0 N–H and O–H groups in total. The average Bonchev–Trinajstić information content (AvgIpc) is 2.38. The molecule has 0 aromatic rings. The highest BCUT2D eigenvalue weighted by Gasteiger charge is 2.52. The largest absolute Gasteiger partial charge is 0.327 e. The Kier molecular flexibility index (Phi) is 2.82. The summed E-state index contributed by atoms with van der Waals surface area (Å²) in [5, 5.41) is 0. The summed E-state index contributed by atoms with van der Waals surface area (Å²) in [7, 11) is 0. The minimum Gasteiger partial charge on any atom is -0.327 e. The summed E-state index contributed by atoms with van der Waals surface area (Å²) >= 11 is 0. The molecular formula is C11H20O3. The summed E-state index contributed by atoms with van der Waals surface area (Å²) in [6.45, 7) is 5.75. The number of unbranched alkanes of at least 4 members (excludes halogenated alkanes) is 2. The molecule has 0 amide bonds. The molecular weight excluding hydrogens is 180 g/mol. The number of hydrogen-bond acceptors (Lipinski definition) is 3. The van der Waals surface area contributed by atoms with Gasteiger partial charge in [0.1, 0.15) is 0 Å². The van der Waals surface area contributed by atoms with Crippen LogP contribution < -0.4 is 0 Å². The molecule has 2 rings (SSSR count). The van der Waals surface area contributed by atoms with E-state index in [1.807, 2.05) is 0 Å². The Bertz CT molecular complexity index is 207. The molecule has 14 heavy (non-hydrogen) atoms. The molecule has 0 spiro atoms. The van der Waals surface area contributed by atoms with Crippen molar-refractivity contribution in [2.75, 3.05) is 13.2 Å². The van der Waals surface area contributed by atoms with Gasteiger partial charge in [-0.1, -0.05) is 19.8 Å². The van der Waals surface area contributed by atoms with Gasteiger partial charge in [0.2, 0.25) is 0 Å². The van der Waals surface area contributed by atoms with Gasteiger partial charge >= 0.3 is 0 Å². The minimum atomic E-state index is -0.692. The molecule has 0 aromatic carbocycles. The second-order valence-electron chi connectivity index (χ2n) is 4.58. The normalized spacial score (nSPS) is 41.6. The van der Waals surface area contributed by atoms with E-state index in [2.05, 4.69) is 13.8 Å². The number of fused-ring (bicyclic) bond motifs is 2. The van der Waals surface area contributed by atoms with Crippen LogP contribution in [0.1, 0.15) is 46.0 Å². The van der Waals surface area contributed by atoms with Crippen LogP contribution in [0.15, 0.2) is 0 Å². The molecule has 2 aliphatic heterocycles. The van der Waals surface area contributed by atoms with E-state index in [4.69, 9.17) is 14.2 Å². The van der Waals surface area contributed by atoms with E-state index in [1.54, 1.807) is 0 Å². The first-order valence-corrected chi connectivity index (χ1v) is 5.66.